The Morgan fingerprint density at radius 2 is 1.00 bits per heavy atom. The van der Waals surface area contributed by atoms with Crippen LogP contribution in [0.4, 0.5) is 4.39 Å². The molecule has 0 saturated heterocycles. The van der Waals surface area contributed by atoms with E-state index >= 15 is 0 Å². The third-order valence-corrected chi connectivity index (χ3v) is 22.0. The summed E-state index contributed by atoms with van der Waals surface area (Å²) < 4.78 is 23.8. The molecule has 0 spiro atoms. The van der Waals surface area contributed by atoms with E-state index in [0.29, 0.717) is 12.0 Å². The van der Waals surface area contributed by atoms with E-state index in [1.54, 1.807) is 32.2 Å². The lowest BCUT2D eigenvalue weighted by Crippen LogP contribution is -2.10. The van der Waals surface area contributed by atoms with Gasteiger partial charge in [-0.2, -0.15) is 0 Å². The highest BCUT2D eigenvalue weighted by molar-refractivity contribution is 7.25. The highest BCUT2D eigenvalue weighted by atomic mass is 32.1. The largest absolute Gasteiger partial charge is 0.461 e. The normalized spacial score (nSPS) is 12.2. The molecule has 0 atom stereocenters. The summed E-state index contributed by atoms with van der Waals surface area (Å²) in [5.74, 6) is -0.940. The number of aryl methyl sites for hydroxylation is 5. The molecule has 0 saturated carbocycles. The fourth-order valence-corrected chi connectivity index (χ4v) is 17.4. The zero-order valence-electron chi connectivity index (χ0n) is 47.2. The number of rotatable bonds is 28. The van der Waals surface area contributed by atoms with Gasteiger partial charge < -0.3 is 4.74 Å². The molecular weight excluding hydrogens is 1010 g/mol. The molecule has 0 fully saturated rings. The van der Waals surface area contributed by atoms with Crippen molar-refractivity contribution < 1.29 is 13.9 Å². The van der Waals surface area contributed by atoms with Crippen LogP contribution < -0.4 is 0 Å². The van der Waals surface area contributed by atoms with Gasteiger partial charge in [-0.05, 0) is 111 Å². The molecule has 0 unspecified atom stereocenters. The van der Waals surface area contributed by atoms with E-state index in [2.05, 4.69) is 141 Å². The minimum Gasteiger partial charge on any atom is -0.461 e. The van der Waals surface area contributed by atoms with Crippen molar-refractivity contribution in [3.05, 3.63) is 75.9 Å². The van der Waals surface area contributed by atoms with Crippen LogP contribution in [-0.4, -0.2) is 12.6 Å². The molecule has 0 N–H and O–H groups in total. The zero-order valence-corrected chi connectivity index (χ0v) is 52.1. The molecular formula is C64H91FO2S6. The van der Waals surface area contributed by atoms with Crippen molar-refractivity contribution in [3.8, 4) is 20.9 Å². The van der Waals surface area contributed by atoms with Gasteiger partial charge in [0.05, 0.1) is 6.61 Å². The first-order chi connectivity index (χ1) is 35.1. The van der Waals surface area contributed by atoms with E-state index in [4.69, 9.17) is 4.74 Å². The quantitative estimate of drug-likeness (QED) is 0.0361. The molecule has 6 heterocycles. The third kappa shape index (κ3) is 15.9. The van der Waals surface area contributed by atoms with Crippen molar-refractivity contribution in [2.75, 3.05) is 6.61 Å². The Morgan fingerprint density at radius 1 is 0.534 bits per heavy atom. The van der Waals surface area contributed by atoms with Crippen LogP contribution in [0.2, 0.25) is 0 Å². The number of carbonyl (C=O) groups is 1. The van der Waals surface area contributed by atoms with Crippen LogP contribution in [0.15, 0.2) is 29.6 Å². The molecule has 7 rings (SSSR count). The van der Waals surface area contributed by atoms with Gasteiger partial charge in [-0.15, -0.1) is 68.0 Å². The van der Waals surface area contributed by atoms with E-state index in [-0.39, 0.29) is 15.7 Å². The smallest absolute Gasteiger partial charge is 0.351 e. The molecule has 6 aromatic heterocycles. The Kier molecular flexibility index (Phi) is 23.6. The molecule has 0 radical (unpaired) electrons. The minimum atomic E-state index is -0.528. The van der Waals surface area contributed by atoms with Crippen LogP contribution in [0, 0.1) is 12.7 Å². The van der Waals surface area contributed by atoms with Crippen molar-refractivity contribution in [1.82, 2.24) is 0 Å². The van der Waals surface area contributed by atoms with Gasteiger partial charge in [-0.3, -0.25) is 0 Å². The Bertz CT molecular complexity index is 2610. The monoisotopic (exact) mass is 1100 g/mol. The van der Waals surface area contributed by atoms with Crippen LogP contribution in [0.3, 0.4) is 0 Å². The number of hydrogen-bond acceptors (Lipinski definition) is 8. The summed E-state index contributed by atoms with van der Waals surface area (Å²) in [6.07, 6.45) is 30.5. The van der Waals surface area contributed by atoms with Crippen molar-refractivity contribution >= 4 is 104 Å². The van der Waals surface area contributed by atoms with Gasteiger partial charge >= 0.3 is 5.97 Å². The van der Waals surface area contributed by atoms with Crippen LogP contribution in [0.25, 0.3) is 51.1 Å². The molecule has 9 heteroatoms. The standard InChI is InChI=1S/C47H68S4.C17H23FO2S2/c1-9-13-17-21-25-34-30-40(49-38(34)27-23-19-15-11-3)43-36-29-33(5)48-45(36)44(37-32-42(47(6,7)8)51-46(37)43)41-31-35(26-22-18-14-10-2)39(50-41)28-24-20-16-12-4;1-5-6-7-8-9-20-16(19)14-13(18)12-11(22-14)10-21-15(12)17(2,3)4/h29-32H,9-28H2,1-8H3;10H,5-9H2,1-4H3. The first-order valence-corrected chi connectivity index (χ1v) is 33.6. The molecule has 0 aliphatic rings. The van der Waals surface area contributed by atoms with Crippen molar-refractivity contribution in [2.45, 2.75) is 248 Å². The fraction of sp³-hybridized carbons (Fsp3) is 0.609. The second kappa shape index (κ2) is 28.8. The first kappa shape index (κ1) is 59.8. The number of unbranched alkanes of at least 4 members (excludes halogenated alkanes) is 15. The number of carbonyl (C=O) groups excluding carboxylic acids is 1. The maximum atomic E-state index is 14.6. The number of thiophene rings is 6. The zero-order chi connectivity index (χ0) is 52.7. The number of esters is 1. The van der Waals surface area contributed by atoms with Crippen LogP contribution >= 0.6 is 68.0 Å². The van der Waals surface area contributed by atoms with E-state index in [1.165, 1.54) is 191 Å². The maximum absolute atomic E-state index is 14.6. The summed E-state index contributed by atoms with van der Waals surface area (Å²) in [6, 6.07) is 10.5. The summed E-state index contributed by atoms with van der Waals surface area (Å²) in [7, 11) is 0. The molecule has 7 aromatic rings. The SMILES string of the molecule is CCCCCCOC(=O)c1sc2csc(C(C)(C)C)c2c1F.CCCCCCc1cc(-c2c3cc(C(C)(C)C)sc3c(-c3cc(CCCCCC)c(CCCCCC)s3)c3cc(C)sc23)sc1CCCCCC. The number of halogens is 1. The van der Waals surface area contributed by atoms with E-state index in [0.717, 1.165) is 35.3 Å². The third-order valence-electron chi connectivity index (χ3n) is 14.2. The summed E-state index contributed by atoms with van der Waals surface area (Å²) in [6.45, 7) is 27.6. The van der Waals surface area contributed by atoms with E-state index < -0.39 is 11.8 Å². The molecule has 402 valence electrons. The van der Waals surface area contributed by atoms with Crippen LogP contribution in [-0.2, 0) is 41.3 Å². The molecule has 1 aromatic carbocycles. The van der Waals surface area contributed by atoms with E-state index in [1.807, 2.05) is 16.7 Å². The Morgan fingerprint density at radius 3 is 1.48 bits per heavy atom. The van der Waals surface area contributed by atoms with Gasteiger partial charge in [-0.1, -0.05) is 172 Å². The summed E-state index contributed by atoms with van der Waals surface area (Å²) in [5.41, 5.74) is 6.34. The number of ether oxygens (including phenoxy) is 1. The molecule has 2 nitrogen and oxygen atoms in total. The molecule has 73 heavy (non-hydrogen) atoms. The first-order valence-electron chi connectivity index (χ1n) is 28.7. The van der Waals surface area contributed by atoms with Crippen molar-refractivity contribution in [1.29, 1.82) is 0 Å². The van der Waals surface area contributed by atoms with Crippen molar-refractivity contribution in [3.63, 3.8) is 0 Å². The Balaban J connectivity index is 0.000000329. The number of fused-ring (bicyclic) bond motifs is 3. The Hall–Kier alpha value is -2.40. The second-order valence-electron chi connectivity index (χ2n) is 22.8. The van der Waals surface area contributed by atoms with Gasteiger partial charge in [0, 0.05) is 80.9 Å². The van der Waals surface area contributed by atoms with Crippen LogP contribution in [0.1, 0.15) is 250 Å². The lowest BCUT2D eigenvalue weighted by Gasteiger charge is -2.16. The lowest BCUT2D eigenvalue weighted by atomic mass is 9.92. The molecule has 0 amide bonds. The highest BCUT2D eigenvalue weighted by Crippen LogP contribution is 2.54. The predicted molar refractivity (Wildman–Crippen MR) is 331 cm³/mol. The molecule has 0 aliphatic heterocycles. The predicted octanol–water partition coefficient (Wildman–Crippen LogP) is 23.8. The summed E-state index contributed by atoms with van der Waals surface area (Å²) >= 11 is 11.2. The van der Waals surface area contributed by atoms with Gasteiger partial charge in [0.2, 0.25) is 0 Å². The average molecular weight is 1100 g/mol. The topological polar surface area (TPSA) is 26.3 Å². The van der Waals surface area contributed by atoms with Gasteiger partial charge in [-0.25, -0.2) is 9.18 Å². The van der Waals surface area contributed by atoms with Gasteiger partial charge in [0.15, 0.2) is 5.82 Å². The molecule has 0 aliphatic carbocycles. The number of benzene rings is 1. The van der Waals surface area contributed by atoms with Gasteiger partial charge in [0.1, 0.15) is 4.88 Å². The lowest BCUT2D eigenvalue weighted by molar-refractivity contribution is 0.0499. The second-order valence-corrected chi connectivity index (χ2v) is 29.3. The highest BCUT2D eigenvalue weighted by Gasteiger charge is 2.29. The van der Waals surface area contributed by atoms with Crippen LogP contribution in [0.5, 0.6) is 0 Å². The van der Waals surface area contributed by atoms with Gasteiger partial charge in [0.25, 0.3) is 0 Å². The van der Waals surface area contributed by atoms with Crippen molar-refractivity contribution in [2.24, 2.45) is 0 Å². The van der Waals surface area contributed by atoms with E-state index in [9.17, 15) is 9.18 Å². The Labute approximate surface area is 466 Å². The maximum Gasteiger partial charge on any atom is 0.351 e. The summed E-state index contributed by atoms with van der Waals surface area (Å²) in [5, 5.41) is 5.54. The average Bonchev–Trinajstić information content (AvgIpc) is 4.22. The molecule has 0 bridgehead atoms. The minimum absolute atomic E-state index is 0.110. The summed E-state index contributed by atoms with van der Waals surface area (Å²) in [4.78, 5) is 22.5. The fourth-order valence-electron chi connectivity index (χ4n) is 10.0. The number of hydrogen-bond donors (Lipinski definition) is 0.